The molecule has 0 spiro atoms. The molecule has 16 nitrogen and oxygen atoms in total. The van der Waals surface area contributed by atoms with E-state index in [1.54, 1.807) is 4.90 Å². The topological polar surface area (TPSA) is 224 Å². The predicted molar refractivity (Wildman–Crippen MR) is 318 cm³/mol. The summed E-state index contributed by atoms with van der Waals surface area (Å²) in [6.07, 6.45) is 7.13. The number of likely N-dealkylation sites (tertiary alicyclic amines) is 2. The van der Waals surface area contributed by atoms with Gasteiger partial charge in [0.15, 0.2) is 0 Å². The number of aromatic nitrogens is 4. The van der Waals surface area contributed by atoms with Crippen molar-refractivity contribution in [2.24, 2.45) is 0 Å². The van der Waals surface area contributed by atoms with Crippen LogP contribution in [0.25, 0.3) is 22.8 Å². The second-order valence-corrected chi connectivity index (χ2v) is 24.8. The molecule has 6 aliphatic rings. The first kappa shape index (κ1) is 60.8. The maximum atomic E-state index is 13.9. The Hall–Kier alpha value is -8.29. The maximum Gasteiger partial charge on any atom is 0.490 e. The molecule has 6 aromatic rings. The lowest BCUT2D eigenvalue weighted by atomic mass is 9.77. The third-order valence-electron chi connectivity index (χ3n) is 17.9. The van der Waals surface area contributed by atoms with Crippen LogP contribution in [-0.4, -0.2) is 115 Å². The van der Waals surface area contributed by atoms with E-state index in [4.69, 9.17) is 35.1 Å². The van der Waals surface area contributed by atoms with Gasteiger partial charge in [-0.1, -0.05) is 49.2 Å². The number of aryl methyl sites for hydroxylation is 2. The fourth-order valence-electron chi connectivity index (χ4n) is 12.5. The van der Waals surface area contributed by atoms with Gasteiger partial charge >= 0.3 is 18.2 Å². The standard InChI is InChI=1S/C35H41N5O3.C30H33N5O.C2HF3O2/c1-22-18-28(26-6-5-7-26)29(32-37-30-14-17-40(21-31(30)38-32)34(42)43-35(2,3)4)19-27(22)33(41)39-15-12-25(13-16-39)24-10-8-23(20-36)9-11-24;1-19-15-25(23-3-2-4-23)26(29-33-27-9-12-32-18-28(27)34-29)16-24(19)30(36)35-13-10-22(11-14-35)21-7-5-20(17-31)6-8-21;3-2(4,5)1(6)7/h8-11,18-19,25-26H,5-7,12-17,21H2,1-4H3,(H,37,38);5-8,15-16,22-23,32H,2-4,9-14,18H2,1H3,(H,33,34);(H,6,7). The van der Waals surface area contributed by atoms with E-state index in [0.29, 0.717) is 67.4 Å². The number of hydrogen-bond donors (Lipinski definition) is 4. The zero-order chi connectivity index (χ0) is 61.0. The Labute approximate surface area is 500 Å². The molecule has 4 aliphatic heterocycles. The van der Waals surface area contributed by atoms with Crippen LogP contribution in [0.3, 0.4) is 0 Å². The number of aromatic amines is 2. The summed E-state index contributed by atoms with van der Waals surface area (Å²) in [5.41, 5.74) is 15.9. The number of nitrogens with zero attached hydrogens (tertiary/aromatic N) is 7. The molecule has 4 fully saturated rings. The molecule has 4 aromatic carbocycles. The van der Waals surface area contributed by atoms with E-state index >= 15 is 0 Å². The van der Waals surface area contributed by atoms with Gasteiger partial charge in [-0.25, -0.2) is 19.6 Å². The Morgan fingerprint density at radius 3 is 1.42 bits per heavy atom. The minimum absolute atomic E-state index is 0.0737. The van der Waals surface area contributed by atoms with E-state index < -0.39 is 17.7 Å². The molecular weight excluding hydrogens is 1100 g/mol. The highest BCUT2D eigenvalue weighted by molar-refractivity contribution is 5.98. The van der Waals surface area contributed by atoms with E-state index in [1.165, 1.54) is 53.6 Å². The second kappa shape index (κ2) is 25.7. The van der Waals surface area contributed by atoms with Crippen molar-refractivity contribution in [2.75, 3.05) is 39.3 Å². The normalized spacial score (nSPS) is 17.4. The lowest BCUT2D eigenvalue weighted by molar-refractivity contribution is -0.192. The molecule has 2 saturated heterocycles. The molecule has 0 radical (unpaired) electrons. The fourth-order valence-corrected chi connectivity index (χ4v) is 12.5. The molecule has 3 amide bonds. The number of ether oxygens (including phenoxy) is 1. The zero-order valence-corrected chi connectivity index (χ0v) is 49.6. The van der Waals surface area contributed by atoms with Crippen LogP contribution in [0.4, 0.5) is 18.0 Å². The lowest BCUT2D eigenvalue weighted by Crippen LogP contribution is -2.39. The van der Waals surface area contributed by atoms with Crippen LogP contribution in [-0.2, 0) is 35.5 Å². The molecule has 0 bridgehead atoms. The summed E-state index contributed by atoms with van der Waals surface area (Å²) < 4.78 is 37.3. The van der Waals surface area contributed by atoms with Crippen LogP contribution in [0.5, 0.6) is 0 Å². The highest BCUT2D eigenvalue weighted by Gasteiger charge is 2.39. The minimum Gasteiger partial charge on any atom is -0.475 e. The third kappa shape index (κ3) is 13.8. The average molecular weight is 1170 g/mol. The first-order valence-corrected chi connectivity index (χ1v) is 30.2. The summed E-state index contributed by atoms with van der Waals surface area (Å²) in [6.45, 7) is 15.5. The van der Waals surface area contributed by atoms with E-state index in [9.17, 15) is 27.6 Å². The zero-order valence-electron chi connectivity index (χ0n) is 49.6. The van der Waals surface area contributed by atoms with Crippen LogP contribution in [0.1, 0.15) is 197 Å². The number of hydrogen-bond acceptors (Lipinski definition) is 10. The second-order valence-electron chi connectivity index (χ2n) is 24.8. The molecule has 6 heterocycles. The van der Waals surface area contributed by atoms with Gasteiger partial charge in [-0.05, 0) is 179 Å². The van der Waals surface area contributed by atoms with Crippen molar-refractivity contribution in [3.63, 3.8) is 0 Å². The monoisotopic (exact) mass is 1170 g/mol. The average Bonchev–Trinajstić information content (AvgIpc) is 2.90. The number of imidazole rings is 2. The highest BCUT2D eigenvalue weighted by atomic mass is 19.4. The van der Waals surface area contributed by atoms with Gasteiger partial charge in [0.2, 0.25) is 0 Å². The summed E-state index contributed by atoms with van der Waals surface area (Å²) in [4.78, 5) is 72.1. The number of nitriles is 2. The number of carbonyl (C=O) groups excluding carboxylic acids is 3. The number of carboxylic acid groups (broad SMARTS) is 1. The van der Waals surface area contributed by atoms with Crippen molar-refractivity contribution >= 4 is 23.9 Å². The Kier molecular flexibility index (Phi) is 18.2. The Bertz CT molecular complexity index is 3540. The molecule has 2 aliphatic carbocycles. The number of fused-ring (bicyclic) bond motifs is 2. The van der Waals surface area contributed by atoms with E-state index in [-0.39, 0.29) is 17.9 Å². The Morgan fingerprint density at radius 2 is 1.03 bits per heavy atom. The van der Waals surface area contributed by atoms with Gasteiger partial charge in [0.25, 0.3) is 11.8 Å². The number of alkyl halides is 3. The van der Waals surface area contributed by atoms with Gasteiger partial charge in [-0.15, -0.1) is 0 Å². The minimum atomic E-state index is -5.08. The summed E-state index contributed by atoms with van der Waals surface area (Å²) in [5.74, 6) is 1.01. The first-order chi connectivity index (χ1) is 41.1. The SMILES string of the molecule is Cc1cc(C2CCC2)c(-c2nc3c([nH]2)CN(C(=O)OC(C)(C)C)CC3)cc1C(=O)N1CCC(c2ccc(C#N)cc2)CC1.Cc1cc(C2CCC2)c(-c2nc3c([nH]2)CNCC3)cc1C(=O)N1CCC(c2ccc(C#N)cc2)CC1.O=C(O)C(F)(F)F. The van der Waals surface area contributed by atoms with Crippen molar-refractivity contribution in [2.45, 2.75) is 160 Å². The van der Waals surface area contributed by atoms with Gasteiger partial charge in [0, 0.05) is 80.9 Å². The summed E-state index contributed by atoms with van der Waals surface area (Å²) in [7, 11) is 0. The van der Waals surface area contributed by atoms with Gasteiger partial charge in [0.05, 0.1) is 52.6 Å². The molecule has 0 unspecified atom stereocenters. The number of halogens is 3. The maximum absolute atomic E-state index is 13.9. The number of aliphatic carboxylic acids is 1. The van der Waals surface area contributed by atoms with Crippen LogP contribution >= 0.6 is 0 Å². The molecule has 12 rings (SSSR count). The van der Waals surface area contributed by atoms with Crippen molar-refractivity contribution < 1.29 is 42.2 Å². The number of carboxylic acids is 1. The van der Waals surface area contributed by atoms with Crippen LogP contribution in [0, 0.1) is 36.5 Å². The molecule has 4 N–H and O–H groups in total. The van der Waals surface area contributed by atoms with E-state index in [2.05, 4.69) is 77.7 Å². The highest BCUT2D eigenvalue weighted by Crippen LogP contribution is 2.44. The molecule has 2 aromatic heterocycles. The number of piperidine rings is 2. The molecular formula is C67H75F3N10O6. The van der Waals surface area contributed by atoms with Crippen LogP contribution in [0.15, 0.2) is 72.8 Å². The largest absolute Gasteiger partial charge is 0.490 e. The third-order valence-corrected chi connectivity index (χ3v) is 17.9. The summed E-state index contributed by atoms with van der Waals surface area (Å²) in [6, 6.07) is 28.8. The van der Waals surface area contributed by atoms with Gasteiger partial charge < -0.3 is 39.8 Å². The van der Waals surface area contributed by atoms with Gasteiger partial charge in [-0.3, -0.25) is 9.59 Å². The molecule has 2 saturated carbocycles. The first-order valence-electron chi connectivity index (χ1n) is 30.2. The van der Waals surface area contributed by atoms with Crippen molar-refractivity contribution in [1.29, 1.82) is 10.5 Å². The smallest absolute Gasteiger partial charge is 0.475 e. The Morgan fingerprint density at radius 1 is 0.605 bits per heavy atom. The number of H-pyrrole nitrogens is 2. The molecule has 19 heteroatoms. The van der Waals surface area contributed by atoms with Crippen molar-refractivity contribution in [3.05, 3.63) is 151 Å². The Balaban J connectivity index is 0.000000174. The number of benzene rings is 4. The van der Waals surface area contributed by atoms with E-state index in [1.807, 2.05) is 67.0 Å². The van der Waals surface area contributed by atoms with Crippen molar-refractivity contribution in [3.8, 4) is 34.9 Å². The lowest BCUT2D eigenvalue weighted by Gasteiger charge is -2.33. The van der Waals surface area contributed by atoms with Gasteiger partial charge in [0.1, 0.15) is 17.2 Å². The summed E-state index contributed by atoms with van der Waals surface area (Å²) in [5, 5.41) is 28.7. The number of carbonyl (C=O) groups is 4. The molecule has 0 atom stereocenters. The van der Waals surface area contributed by atoms with Gasteiger partial charge in [-0.2, -0.15) is 23.7 Å². The van der Waals surface area contributed by atoms with Crippen molar-refractivity contribution in [1.82, 2.24) is 40.0 Å². The quantitative estimate of drug-likeness (QED) is 0.112. The fraction of sp³-hybridized carbons (Fsp3) is 0.463. The van der Waals surface area contributed by atoms with E-state index in [0.717, 1.165) is 133 Å². The summed E-state index contributed by atoms with van der Waals surface area (Å²) >= 11 is 0. The number of amides is 3. The number of nitrogens with one attached hydrogen (secondary N) is 3. The van der Waals surface area contributed by atoms with Crippen LogP contribution < -0.4 is 5.32 Å². The van der Waals surface area contributed by atoms with Crippen LogP contribution in [0.2, 0.25) is 0 Å². The number of rotatable bonds is 8. The predicted octanol–water partition coefficient (Wildman–Crippen LogP) is 12.7. The molecule has 450 valence electrons. The molecule has 86 heavy (non-hydrogen) atoms.